The molecule has 0 radical (unpaired) electrons. The predicted molar refractivity (Wildman–Crippen MR) is 65.4 cm³/mol. The number of rotatable bonds is 3. The van der Waals surface area contributed by atoms with Gasteiger partial charge in [-0.15, -0.1) is 11.3 Å². The Hall–Kier alpha value is -0.550. The van der Waals surface area contributed by atoms with E-state index in [0.29, 0.717) is 0 Å². The summed E-state index contributed by atoms with van der Waals surface area (Å²) in [5.41, 5.74) is 2.98. The SMILES string of the molecule is c1nc(CNC2=NCC(C3CC3)S2)cs1. The average Bonchev–Trinajstić information content (AvgIpc) is 2.82. The summed E-state index contributed by atoms with van der Waals surface area (Å²) in [6, 6.07) is 0. The molecule has 80 valence electrons. The highest BCUT2D eigenvalue weighted by atomic mass is 32.2. The van der Waals surface area contributed by atoms with Gasteiger partial charge in [0.15, 0.2) is 5.17 Å². The first-order valence-corrected chi connectivity index (χ1v) is 7.06. The van der Waals surface area contributed by atoms with Crippen LogP contribution in [-0.4, -0.2) is 21.9 Å². The lowest BCUT2D eigenvalue weighted by Crippen LogP contribution is -2.19. The molecule has 3 nitrogen and oxygen atoms in total. The smallest absolute Gasteiger partial charge is 0.157 e. The first-order chi connectivity index (χ1) is 7.42. The zero-order chi connectivity index (χ0) is 10.1. The monoisotopic (exact) mass is 239 g/mol. The highest BCUT2D eigenvalue weighted by Crippen LogP contribution is 2.41. The van der Waals surface area contributed by atoms with Gasteiger partial charge in [0.05, 0.1) is 24.3 Å². The summed E-state index contributed by atoms with van der Waals surface area (Å²) in [5, 5.41) is 7.29. The van der Waals surface area contributed by atoms with Gasteiger partial charge in [-0.05, 0) is 18.8 Å². The van der Waals surface area contributed by atoms with Crippen molar-refractivity contribution in [2.75, 3.05) is 6.54 Å². The van der Waals surface area contributed by atoms with Crippen LogP contribution in [0.4, 0.5) is 0 Å². The van der Waals surface area contributed by atoms with E-state index in [1.165, 1.54) is 12.8 Å². The van der Waals surface area contributed by atoms with E-state index in [-0.39, 0.29) is 0 Å². The quantitative estimate of drug-likeness (QED) is 0.878. The maximum Gasteiger partial charge on any atom is 0.157 e. The first-order valence-electron chi connectivity index (χ1n) is 5.24. The van der Waals surface area contributed by atoms with Crippen molar-refractivity contribution in [3.8, 4) is 0 Å². The number of nitrogens with zero attached hydrogens (tertiary/aromatic N) is 2. The van der Waals surface area contributed by atoms with Gasteiger partial charge in [0.25, 0.3) is 0 Å². The number of thiazole rings is 1. The van der Waals surface area contributed by atoms with Crippen LogP contribution in [0.25, 0.3) is 0 Å². The molecule has 0 saturated heterocycles. The van der Waals surface area contributed by atoms with Crippen LogP contribution < -0.4 is 5.32 Å². The largest absolute Gasteiger partial charge is 0.359 e. The number of amidine groups is 1. The lowest BCUT2D eigenvalue weighted by molar-refractivity contribution is 0.771. The molecule has 1 unspecified atom stereocenters. The number of aliphatic imine (C=N–C) groups is 1. The van der Waals surface area contributed by atoms with Gasteiger partial charge in [0.2, 0.25) is 0 Å². The first kappa shape index (κ1) is 9.66. The molecule has 1 aliphatic carbocycles. The molecular formula is C10H13N3S2. The van der Waals surface area contributed by atoms with E-state index < -0.39 is 0 Å². The average molecular weight is 239 g/mol. The van der Waals surface area contributed by atoms with Crippen LogP contribution in [-0.2, 0) is 6.54 Å². The van der Waals surface area contributed by atoms with Gasteiger partial charge < -0.3 is 5.32 Å². The fourth-order valence-corrected chi connectivity index (χ4v) is 3.46. The molecule has 1 N–H and O–H groups in total. The second kappa shape index (κ2) is 4.14. The predicted octanol–water partition coefficient (Wildman–Crippen LogP) is 2.11. The highest BCUT2D eigenvalue weighted by molar-refractivity contribution is 8.14. The van der Waals surface area contributed by atoms with E-state index in [0.717, 1.165) is 35.1 Å². The third-order valence-corrected chi connectivity index (χ3v) is 4.70. The molecule has 0 spiro atoms. The summed E-state index contributed by atoms with van der Waals surface area (Å²) < 4.78 is 0. The van der Waals surface area contributed by atoms with Crippen LogP contribution in [0.5, 0.6) is 0 Å². The maximum atomic E-state index is 4.52. The Morgan fingerprint density at radius 3 is 3.13 bits per heavy atom. The molecule has 15 heavy (non-hydrogen) atoms. The lowest BCUT2D eigenvalue weighted by atomic mass is 10.3. The van der Waals surface area contributed by atoms with Crippen LogP contribution >= 0.6 is 23.1 Å². The molecule has 0 aromatic carbocycles. The molecule has 3 rings (SSSR count). The van der Waals surface area contributed by atoms with E-state index in [1.54, 1.807) is 11.3 Å². The number of aromatic nitrogens is 1. The van der Waals surface area contributed by atoms with Gasteiger partial charge in [-0.2, -0.15) is 0 Å². The topological polar surface area (TPSA) is 37.3 Å². The molecule has 2 aliphatic rings. The third-order valence-electron chi connectivity index (χ3n) is 2.73. The summed E-state index contributed by atoms with van der Waals surface area (Å²) >= 11 is 3.56. The maximum absolute atomic E-state index is 4.52. The minimum absolute atomic E-state index is 0.753. The molecule has 0 amide bonds. The van der Waals surface area contributed by atoms with Crippen LogP contribution in [0.15, 0.2) is 15.9 Å². The van der Waals surface area contributed by atoms with Crippen LogP contribution in [0.1, 0.15) is 18.5 Å². The van der Waals surface area contributed by atoms with Crippen molar-refractivity contribution < 1.29 is 0 Å². The van der Waals surface area contributed by atoms with E-state index >= 15 is 0 Å². The molecule has 5 heteroatoms. The van der Waals surface area contributed by atoms with Crippen molar-refractivity contribution in [3.05, 3.63) is 16.6 Å². The Balaban J connectivity index is 1.48. The van der Waals surface area contributed by atoms with E-state index in [2.05, 4.69) is 20.7 Å². The summed E-state index contributed by atoms with van der Waals surface area (Å²) in [4.78, 5) is 8.76. The van der Waals surface area contributed by atoms with Gasteiger partial charge in [-0.3, -0.25) is 4.99 Å². The Morgan fingerprint density at radius 2 is 2.40 bits per heavy atom. The third kappa shape index (κ3) is 2.34. The van der Waals surface area contributed by atoms with Gasteiger partial charge in [0.1, 0.15) is 0 Å². The highest BCUT2D eigenvalue weighted by Gasteiger charge is 2.35. The summed E-state index contributed by atoms with van der Waals surface area (Å²) in [7, 11) is 0. The molecule has 1 fully saturated rings. The fraction of sp³-hybridized carbons (Fsp3) is 0.600. The Labute approximate surface area is 97.4 Å². The molecule has 1 aromatic heterocycles. The summed E-state index contributed by atoms with van der Waals surface area (Å²) in [6.07, 6.45) is 2.82. The molecule has 1 aromatic rings. The number of nitrogens with one attached hydrogen (secondary N) is 1. The molecule has 2 heterocycles. The van der Waals surface area contributed by atoms with Crippen LogP contribution in [0.3, 0.4) is 0 Å². The van der Waals surface area contributed by atoms with Gasteiger partial charge in [0, 0.05) is 10.6 Å². The molecular weight excluding hydrogens is 226 g/mol. The van der Waals surface area contributed by atoms with Crippen molar-refractivity contribution in [2.24, 2.45) is 10.9 Å². The Morgan fingerprint density at radius 1 is 1.47 bits per heavy atom. The molecule has 1 atom stereocenters. The fourth-order valence-electron chi connectivity index (χ4n) is 1.69. The van der Waals surface area contributed by atoms with Crippen molar-refractivity contribution in [1.82, 2.24) is 10.3 Å². The van der Waals surface area contributed by atoms with E-state index in [4.69, 9.17) is 0 Å². The standard InChI is InChI=1S/C10H13N3S2/c1-2-7(1)9-4-12-10(15-9)11-3-8-5-14-6-13-8/h5-7,9H,1-4H2,(H,11,12). The Bertz CT molecular complexity index is 357. The lowest BCUT2D eigenvalue weighted by Gasteiger charge is -2.06. The summed E-state index contributed by atoms with van der Waals surface area (Å²) in [6.45, 7) is 1.82. The number of thioether (sulfide) groups is 1. The van der Waals surface area contributed by atoms with Crippen molar-refractivity contribution in [2.45, 2.75) is 24.6 Å². The van der Waals surface area contributed by atoms with Crippen molar-refractivity contribution >= 4 is 28.3 Å². The van der Waals surface area contributed by atoms with Crippen molar-refractivity contribution in [3.63, 3.8) is 0 Å². The van der Waals surface area contributed by atoms with Crippen molar-refractivity contribution in [1.29, 1.82) is 0 Å². The minimum Gasteiger partial charge on any atom is -0.359 e. The van der Waals surface area contributed by atoms with E-state index in [1.807, 2.05) is 17.3 Å². The zero-order valence-electron chi connectivity index (χ0n) is 8.35. The van der Waals surface area contributed by atoms with Gasteiger partial charge >= 0.3 is 0 Å². The molecule has 0 bridgehead atoms. The zero-order valence-corrected chi connectivity index (χ0v) is 9.98. The van der Waals surface area contributed by atoms with Crippen LogP contribution in [0, 0.1) is 5.92 Å². The minimum atomic E-state index is 0.753. The number of hydrogen-bond donors (Lipinski definition) is 1. The van der Waals surface area contributed by atoms with Gasteiger partial charge in [-0.25, -0.2) is 4.98 Å². The van der Waals surface area contributed by atoms with Crippen LogP contribution in [0.2, 0.25) is 0 Å². The van der Waals surface area contributed by atoms with Gasteiger partial charge in [-0.1, -0.05) is 11.8 Å². The Kier molecular flexibility index (Phi) is 2.66. The summed E-state index contributed by atoms with van der Waals surface area (Å²) in [5.74, 6) is 0.942. The normalized spacial score (nSPS) is 25.3. The molecule has 1 saturated carbocycles. The van der Waals surface area contributed by atoms with E-state index in [9.17, 15) is 0 Å². The second-order valence-corrected chi connectivity index (χ2v) is 5.92. The number of hydrogen-bond acceptors (Lipinski definition) is 5. The second-order valence-electron chi connectivity index (χ2n) is 3.97. The molecule has 1 aliphatic heterocycles.